The fourth-order valence-corrected chi connectivity index (χ4v) is 3.88. The second kappa shape index (κ2) is 1.57. The molecule has 0 aromatic heterocycles. The molecule has 3 saturated carbocycles. The van der Waals surface area contributed by atoms with Crippen LogP contribution < -0.4 is 0 Å². The summed E-state index contributed by atoms with van der Waals surface area (Å²) < 4.78 is 0. The second-order valence-corrected chi connectivity index (χ2v) is 4.71. The van der Waals surface area contributed by atoms with Gasteiger partial charge in [0.15, 0.2) is 0 Å². The number of allylic oxidation sites excluding steroid dienone is 1. The van der Waals surface area contributed by atoms with E-state index in [9.17, 15) is 0 Å². The molecule has 5 atom stereocenters. The molecule has 3 fully saturated rings. The third-order valence-corrected chi connectivity index (χ3v) is 4.55. The van der Waals surface area contributed by atoms with E-state index in [1.165, 1.54) is 19.3 Å². The lowest BCUT2D eigenvalue weighted by molar-refractivity contribution is 0.410. The van der Waals surface area contributed by atoms with Crippen molar-refractivity contribution >= 4 is 0 Å². The molecule has 0 heteroatoms. The van der Waals surface area contributed by atoms with Gasteiger partial charge in [0.05, 0.1) is 0 Å². The highest BCUT2D eigenvalue weighted by Crippen LogP contribution is 2.80. The number of hydrogen-bond donors (Lipinski definition) is 0. The third-order valence-electron chi connectivity index (χ3n) is 4.55. The van der Waals surface area contributed by atoms with Gasteiger partial charge >= 0.3 is 0 Å². The summed E-state index contributed by atoms with van der Waals surface area (Å²) in [6.07, 6.45) is 6.70. The SMILES string of the molecule is C=CC12CC1C(CC)C1CC12. The van der Waals surface area contributed by atoms with Gasteiger partial charge in [-0.3, -0.25) is 0 Å². The maximum atomic E-state index is 4.00. The Labute approximate surface area is 68.7 Å². The van der Waals surface area contributed by atoms with Crippen LogP contribution in [-0.2, 0) is 0 Å². The number of fused-ring (bicyclic) bond motifs is 3. The summed E-state index contributed by atoms with van der Waals surface area (Å²) in [4.78, 5) is 0. The van der Waals surface area contributed by atoms with Crippen LogP contribution in [0.5, 0.6) is 0 Å². The molecule has 5 unspecified atom stereocenters. The first-order valence-corrected chi connectivity index (χ1v) is 4.97. The molecule has 0 nitrogen and oxygen atoms in total. The topological polar surface area (TPSA) is 0 Å². The molecule has 0 aromatic carbocycles. The van der Waals surface area contributed by atoms with Gasteiger partial charge in [0.25, 0.3) is 0 Å². The smallest absolute Gasteiger partial charge is 0.00555 e. The van der Waals surface area contributed by atoms with E-state index in [1.807, 2.05) is 0 Å². The van der Waals surface area contributed by atoms with Crippen LogP contribution >= 0.6 is 0 Å². The van der Waals surface area contributed by atoms with Gasteiger partial charge in [-0.2, -0.15) is 0 Å². The number of hydrogen-bond acceptors (Lipinski definition) is 0. The van der Waals surface area contributed by atoms with E-state index in [-0.39, 0.29) is 0 Å². The van der Waals surface area contributed by atoms with E-state index in [2.05, 4.69) is 19.6 Å². The van der Waals surface area contributed by atoms with E-state index in [4.69, 9.17) is 0 Å². The highest BCUT2D eigenvalue weighted by atomic mass is 14.8. The average molecular weight is 148 g/mol. The van der Waals surface area contributed by atoms with Crippen molar-refractivity contribution < 1.29 is 0 Å². The molecular formula is C11H16. The average Bonchev–Trinajstić information content (AvgIpc) is 2.86. The van der Waals surface area contributed by atoms with Crippen LogP contribution in [-0.4, -0.2) is 0 Å². The summed E-state index contributed by atoms with van der Waals surface area (Å²) in [5.74, 6) is 4.35. The van der Waals surface area contributed by atoms with Gasteiger partial charge in [-0.1, -0.05) is 19.4 Å². The van der Waals surface area contributed by atoms with Gasteiger partial charge in [0.1, 0.15) is 0 Å². The summed E-state index contributed by atoms with van der Waals surface area (Å²) in [5, 5.41) is 0. The fourth-order valence-electron chi connectivity index (χ4n) is 3.88. The van der Waals surface area contributed by atoms with Crippen molar-refractivity contribution in [3.05, 3.63) is 12.7 Å². The minimum atomic E-state index is 0.672. The monoisotopic (exact) mass is 148 g/mol. The van der Waals surface area contributed by atoms with Crippen molar-refractivity contribution in [2.24, 2.45) is 29.1 Å². The molecule has 3 rings (SSSR count). The van der Waals surface area contributed by atoms with Crippen molar-refractivity contribution in [2.75, 3.05) is 0 Å². The highest BCUT2D eigenvalue weighted by molar-refractivity contribution is 5.29. The molecule has 0 amide bonds. The van der Waals surface area contributed by atoms with E-state index >= 15 is 0 Å². The minimum absolute atomic E-state index is 0.672. The third kappa shape index (κ3) is 0.513. The Morgan fingerprint density at radius 1 is 1.55 bits per heavy atom. The Morgan fingerprint density at radius 2 is 2.36 bits per heavy atom. The minimum Gasteiger partial charge on any atom is -0.103 e. The number of rotatable bonds is 2. The predicted octanol–water partition coefficient (Wildman–Crippen LogP) is 2.85. The molecule has 0 spiro atoms. The normalized spacial score (nSPS) is 63.4. The molecule has 3 aliphatic carbocycles. The molecule has 60 valence electrons. The largest absolute Gasteiger partial charge is 0.103 e. The van der Waals surface area contributed by atoms with E-state index in [1.54, 1.807) is 0 Å². The van der Waals surface area contributed by atoms with Crippen molar-refractivity contribution in [1.82, 2.24) is 0 Å². The Balaban J connectivity index is 1.92. The van der Waals surface area contributed by atoms with Gasteiger partial charge in [-0.25, -0.2) is 0 Å². The molecule has 0 heterocycles. The molecule has 0 saturated heterocycles. The Bertz CT molecular complexity index is 218. The first-order chi connectivity index (χ1) is 5.33. The molecule has 0 radical (unpaired) electrons. The van der Waals surface area contributed by atoms with Crippen LogP contribution in [0.25, 0.3) is 0 Å². The first kappa shape index (κ1) is 6.28. The summed E-state index contributed by atoms with van der Waals surface area (Å²) in [6.45, 7) is 6.36. The Kier molecular flexibility index (Phi) is 0.898. The van der Waals surface area contributed by atoms with Crippen LogP contribution in [0.15, 0.2) is 12.7 Å². The Hall–Kier alpha value is -0.260. The quantitative estimate of drug-likeness (QED) is 0.528. The van der Waals surface area contributed by atoms with Crippen molar-refractivity contribution in [3.8, 4) is 0 Å². The van der Waals surface area contributed by atoms with E-state index in [0.717, 1.165) is 23.7 Å². The van der Waals surface area contributed by atoms with Gasteiger partial charge < -0.3 is 0 Å². The summed E-state index contributed by atoms with van der Waals surface area (Å²) in [5.41, 5.74) is 0.672. The van der Waals surface area contributed by atoms with Gasteiger partial charge in [0, 0.05) is 0 Å². The first-order valence-electron chi connectivity index (χ1n) is 4.97. The van der Waals surface area contributed by atoms with Gasteiger partial charge in [-0.15, -0.1) is 6.58 Å². The Morgan fingerprint density at radius 3 is 2.82 bits per heavy atom. The highest BCUT2D eigenvalue weighted by Gasteiger charge is 2.74. The molecule has 0 aromatic rings. The predicted molar refractivity (Wildman–Crippen MR) is 46.1 cm³/mol. The van der Waals surface area contributed by atoms with Gasteiger partial charge in [-0.05, 0) is 41.9 Å². The zero-order chi connectivity index (χ0) is 7.64. The maximum absolute atomic E-state index is 4.00. The second-order valence-electron chi connectivity index (χ2n) is 4.71. The molecular weight excluding hydrogens is 132 g/mol. The molecule has 0 aliphatic heterocycles. The van der Waals surface area contributed by atoms with Crippen molar-refractivity contribution in [2.45, 2.75) is 26.2 Å². The molecule has 11 heavy (non-hydrogen) atoms. The van der Waals surface area contributed by atoms with Crippen molar-refractivity contribution in [1.29, 1.82) is 0 Å². The van der Waals surface area contributed by atoms with Gasteiger partial charge in [0.2, 0.25) is 0 Å². The summed E-state index contributed by atoms with van der Waals surface area (Å²) in [6, 6.07) is 0. The summed E-state index contributed by atoms with van der Waals surface area (Å²) >= 11 is 0. The maximum Gasteiger partial charge on any atom is -0.00555 e. The van der Waals surface area contributed by atoms with Crippen LogP contribution in [0.1, 0.15) is 26.2 Å². The zero-order valence-electron chi connectivity index (χ0n) is 7.22. The lowest BCUT2D eigenvalue weighted by Crippen LogP contribution is -2.02. The molecule has 0 bridgehead atoms. The fraction of sp³-hybridized carbons (Fsp3) is 0.818. The van der Waals surface area contributed by atoms with Crippen LogP contribution in [0.4, 0.5) is 0 Å². The van der Waals surface area contributed by atoms with Crippen molar-refractivity contribution in [3.63, 3.8) is 0 Å². The standard InChI is InChI=1S/C11H16/c1-3-7-8-5-9(8)11(4-2)6-10(7)11/h4,7-10H,2-3,5-6H2,1H3. The lowest BCUT2D eigenvalue weighted by Gasteiger charge is -2.09. The summed E-state index contributed by atoms with van der Waals surface area (Å²) in [7, 11) is 0. The van der Waals surface area contributed by atoms with E-state index in [0.29, 0.717) is 5.41 Å². The lowest BCUT2D eigenvalue weighted by atomic mass is 9.96. The molecule has 3 aliphatic rings. The van der Waals surface area contributed by atoms with Crippen LogP contribution in [0, 0.1) is 29.1 Å². The zero-order valence-corrected chi connectivity index (χ0v) is 7.22. The van der Waals surface area contributed by atoms with E-state index < -0.39 is 0 Å². The van der Waals surface area contributed by atoms with Crippen LogP contribution in [0.3, 0.4) is 0 Å². The van der Waals surface area contributed by atoms with Crippen LogP contribution in [0.2, 0.25) is 0 Å². The molecule has 0 N–H and O–H groups in total.